The average molecular weight is 263 g/mol. The lowest BCUT2D eigenvalue weighted by molar-refractivity contribution is -0.156. The lowest BCUT2D eigenvalue weighted by atomic mass is 10.2. The summed E-state index contributed by atoms with van der Waals surface area (Å²) in [6.45, 7) is 0.896. The molecule has 0 spiro atoms. The second-order valence-electron chi connectivity index (χ2n) is 3.07. The summed E-state index contributed by atoms with van der Waals surface area (Å²) in [5.41, 5.74) is 13.4. The Morgan fingerprint density at radius 3 is 2.37 bits per heavy atom. The van der Waals surface area contributed by atoms with E-state index in [1.165, 1.54) is 0 Å². The van der Waals surface area contributed by atoms with Crippen molar-refractivity contribution in [3.8, 4) is 0 Å². The van der Waals surface area contributed by atoms with Crippen LogP contribution in [0.3, 0.4) is 0 Å². The molecule has 8 heteroatoms. The summed E-state index contributed by atoms with van der Waals surface area (Å²) in [6.07, 6.45) is 0. The Hall–Kier alpha value is -2.70. The molecule has 3 N–H and O–H groups in total. The fourth-order valence-electron chi connectivity index (χ4n) is 0.900. The van der Waals surface area contributed by atoms with Gasteiger partial charge >= 0.3 is 11.9 Å². The minimum absolute atomic E-state index is 0.0481. The molecule has 0 atom stereocenters. The van der Waals surface area contributed by atoms with Crippen molar-refractivity contribution in [2.45, 2.75) is 6.92 Å². The Bertz CT molecular complexity index is 494. The van der Waals surface area contributed by atoms with Gasteiger partial charge in [0.15, 0.2) is 0 Å². The smallest absolute Gasteiger partial charge is 0.327 e. The van der Waals surface area contributed by atoms with Crippen LogP contribution in [0.4, 0.5) is 0 Å². The summed E-state index contributed by atoms with van der Waals surface area (Å²) in [7, 11) is 0. The Morgan fingerprint density at radius 2 is 2.00 bits per heavy atom. The molecular weight excluding hydrogens is 250 g/mol. The summed E-state index contributed by atoms with van der Waals surface area (Å²) < 4.78 is 4.00. The minimum atomic E-state index is -0.697. The molecule has 0 fully saturated rings. The number of benzene rings is 1. The molecule has 1 aromatic rings. The first-order valence-electron chi connectivity index (χ1n) is 5.11. The number of amidine groups is 1. The third kappa shape index (κ3) is 8.08. The maximum atomic E-state index is 10.1. The highest BCUT2D eigenvalue weighted by atomic mass is 16.6. The number of nitrogens with one attached hydrogen (secondary N) is 1. The van der Waals surface area contributed by atoms with E-state index < -0.39 is 11.9 Å². The molecule has 1 rings (SSSR count). The largest absolute Gasteiger partial charge is 0.392 e. The summed E-state index contributed by atoms with van der Waals surface area (Å²) in [4.78, 5) is 22.5. The highest BCUT2D eigenvalue weighted by Gasteiger charge is 1.99. The van der Waals surface area contributed by atoms with E-state index in [-0.39, 0.29) is 12.4 Å². The van der Waals surface area contributed by atoms with Gasteiger partial charge < -0.3 is 10.5 Å². The second-order valence-corrected chi connectivity index (χ2v) is 3.07. The van der Waals surface area contributed by atoms with Gasteiger partial charge in [-0.2, -0.15) is 0 Å². The molecule has 0 aromatic heterocycles. The molecule has 0 aliphatic carbocycles. The molecule has 19 heavy (non-hydrogen) atoms. The van der Waals surface area contributed by atoms with E-state index in [0.29, 0.717) is 5.56 Å². The zero-order valence-corrected chi connectivity index (χ0v) is 10.2. The van der Waals surface area contributed by atoms with E-state index in [1.54, 1.807) is 24.3 Å². The number of azide groups is 1. The molecule has 0 aliphatic heterocycles. The van der Waals surface area contributed by atoms with Crippen molar-refractivity contribution in [2.75, 3.05) is 6.54 Å². The van der Waals surface area contributed by atoms with Crippen LogP contribution in [-0.4, -0.2) is 24.3 Å². The highest BCUT2D eigenvalue weighted by Crippen LogP contribution is 1.99. The normalized spacial score (nSPS) is 8.32. The van der Waals surface area contributed by atoms with E-state index in [0.717, 1.165) is 6.92 Å². The fourth-order valence-corrected chi connectivity index (χ4v) is 0.900. The average Bonchev–Trinajstić information content (AvgIpc) is 2.40. The van der Waals surface area contributed by atoms with Gasteiger partial charge in [0.05, 0.1) is 6.54 Å². The zero-order chi connectivity index (χ0) is 14.7. The van der Waals surface area contributed by atoms with Gasteiger partial charge in [0.2, 0.25) is 0 Å². The number of ether oxygens (including phenoxy) is 1. The number of hydrogen-bond acceptors (Lipinski definition) is 5. The number of nitrogens with two attached hydrogens (primary N) is 1. The van der Waals surface area contributed by atoms with Gasteiger partial charge in [0.1, 0.15) is 5.84 Å². The number of hydrogen-bond donors (Lipinski definition) is 2. The van der Waals surface area contributed by atoms with Crippen LogP contribution >= 0.6 is 0 Å². The van der Waals surface area contributed by atoms with Crippen LogP contribution in [0.15, 0.2) is 35.4 Å². The first kappa shape index (κ1) is 16.3. The predicted molar refractivity (Wildman–Crippen MR) is 68.2 cm³/mol. The van der Waals surface area contributed by atoms with Gasteiger partial charge in [-0.15, -0.1) is 0 Å². The van der Waals surface area contributed by atoms with E-state index in [1.807, 2.05) is 6.07 Å². The van der Waals surface area contributed by atoms with Gasteiger partial charge in [0, 0.05) is 17.4 Å². The van der Waals surface area contributed by atoms with E-state index >= 15 is 0 Å². The first-order valence-corrected chi connectivity index (χ1v) is 5.11. The topological polar surface area (TPSA) is 142 Å². The lowest BCUT2D eigenvalue weighted by Crippen LogP contribution is -2.18. The summed E-state index contributed by atoms with van der Waals surface area (Å²) in [6, 6.07) is 8.86. The first-order chi connectivity index (χ1) is 9.01. The molecule has 1 aromatic carbocycles. The Labute approximate surface area is 109 Å². The molecule has 0 bridgehead atoms. The van der Waals surface area contributed by atoms with Crippen molar-refractivity contribution in [2.24, 2.45) is 10.8 Å². The predicted octanol–water partition coefficient (Wildman–Crippen LogP) is 1.36. The van der Waals surface area contributed by atoms with E-state index in [2.05, 4.69) is 14.8 Å². The number of nitrogens with zero attached hydrogens (tertiary/aromatic N) is 3. The van der Waals surface area contributed by atoms with Gasteiger partial charge in [-0.05, 0) is 10.6 Å². The standard InChI is InChI=1S/C7H6N4.C4H7NO3/c8-7(10-11-9)6-4-2-1-3-5-6;1-3(6)8-4(7)2-5/h1-5,8H;2,5H2,1H3. The lowest BCUT2D eigenvalue weighted by Gasteiger charge is -1.93. The summed E-state index contributed by atoms with van der Waals surface area (Å²) in [5, 5.41) is 10.4. The van der Waals surface area contributed by atoms with E-state index in [4.69, 9.17) is 16.7 Å². The van der Waals surface area contributed by atoms with Gasteiger partial charge in [-0.3, -0.25) is 15.0 Å². The quantitative estimate of drug-likeness (QED) is 0.158. The summed E-state index contributed by atoms with van der Waals surface area (Å²) in [5.74, 6) is -1.37. The SMILES string of the molecule is CC(=O)OC(=O)CN.[N-]=[N+]=NC(=N)c1ccccc1. The third-order valence-electron chi connectivity index (χ3n) is 1.62. The highest BCUT2D eigenvalue weighted by molar-refractivity contribution is 5.96. The number of esters is 2. The van der Waals surface area contributed by atoms with Gasteiger partial charge in [-0.25, -0.2) is 0 Å². The van der Waals surface area contributed by atoms with Crippen LogP contribution in [0, 0.1) is 5.41 Å². The Kier molecular flexibility index (Phi) is 8.01. The van der Waals surface area contributed by atoms with Crippen molar-refractivity contribution in [1.29, 1.82) is 5.41 Å². The molecule has 0 aliphatic rings. The van der Waals surface area contributed by atoms with Crippen LogP contribution in [0.25, 0.3) is 10.4 Å². The second kappa shape index (κ2) is 9.34. The molecule has 0 heterocycles. The van der Waals surface area contributed by atoms with Crippen molar-refractivity contribution in [3.05, 3.63) is 46.3 Å². The maximum Gasteiger partial charge on any atom is 0.327 e. The molecule has 0 unspecified atom stereocenters. The molecule has 0 saturated carbocycles. The van der Waals surface area contributed by atoms with Crippen molar-refractivity contribution in [1.82, 2.24) is 0 Å². The number of rotatable bonds is 2. The molecule has 0 amide bonds. The zero-order valence-electron chi connectivity index (χ0n) is 10.2. The van der Waals surface area contributed by atoms with E-state index in [9.17, 15) is 9.59 Å². The van der Waals surface area contributed by atoms with Crippen LogP contribution in [0.1, 0.15) is 12.5 Å². The molecule has 100 valence electrons. The van der Waals surface area contributed by atoms with Gasteiger partial charge in [0.25, 0.3) is 0 Å². The number of carbonyl (C=O) groups excluding carboxylic acids is 2. The Balaban J connectivity index is 0.000000362. The molecule has 0 radical (unpaired) electrons. The summed E-state index contributed by atoms with van der Waals surface area (Å²) >= 11 is 0. The van der Waals surface area contributed by atoms with Crippen molar-refractivity contribution in [3.63, 3.8) is 0 Å². The molecule has 0 saturated heterocycles. The van der Waals surface area contributed by atoms with Crippen LogP contribution in [-0.2, 0) is 14.3 Å². The maximum absolute atomic E-state index is 10.1. The van der Waals surface area contributed by atoms with Crippen molar-refractivity contribution >= 4 is 17.8 Å². The van der Waals surface area contributed by atoms with Crippen molar-refractivity contribution < 1.29 is 14.3 Å². The van der Waals surface area contributed by atoms with Crippen LogP contribution in [0.2, 0.25) is 0 Å². The van der Waals surface area contributed by atoms with Crippen LogP contribution in [0.5, 0.6) is 0 Å². The number of carbonyl (C=O) groups is 2. The molecule has 8 nitrogen and oxygen atoms in total. The van der Waals surface area contributed by atoms with Gasteiger partial charge in [-0.1, -0.05) is 30.3 Å². The fraction of sp³-hybridized carbons (Fsp3) is 0.182. The third-order valence-corrected chi connectivity index (χ3v) is 1.62. The van der Waals surface area contributed by atoms with Crippen LogP contribution < -0.4 is 5.73 Å². The Morgan fingerprint density at radius 1 is 1.42 bits per heavy atom. The monoisotopic (exact) mass is 263 g/mol. The minimum Gasteiger partial charge on any atom is -0.392 e. The molecular formula is C11H13N5O3.